The Morgan fingerprint density at radius 1 is 1.13 bits per heavy atom. The fourth-order valence-electron chi connectivity index (χ4n) is 3.53. The highest BCUT2D eigenvalue weighted by Gasteiger charge is 2.24. The van der Waals surface area contributed by atoms with E-state index in [1.54, 1.807) is 25.3 Å². The van der Waals surface area contributed by atoms with Gasteiger partial charge in [0.25, 0.3) is 5.91 Å². The van der Waals surface area contributed by atoms with Crippen LogP contribution in [0.3, 0.4) is 0 Å². The van der Waals surface area contributed by atoms with E-state index in [4.69, 9.17) is 16.3 Å². The van der Waals surface area contributed by atoms with E-state index in [1.165, 1.54) is 0 Å². The molecule has 2 aromatic carbocycles. The Hall–Kier alpha value is -2.73. The van der Waals surface area contributed by atoms with E-state index in [0.29, 0.717) is 42.4 Å². The van der Waals surface area contributed by atoms with Crippen molar-refractivity contribution < 1.29 is 14.3 Å². The normalized spacial score (nSPS) is 14.3. The van der Waals surface area contributed by atoms with E-state index in [2.05, 4.69) is 10.6 Å². The van der Waals surface area contributed by atoms with E-state index < -0.39 is 0 Å². The van der Waals surface area contributed by atoms with Crippen LogP contribution in [0.1, 0.15) is 35.2 Å². The lowest BCUT2D eigenvalue weighted by atomic mass is 10.0. The van der Waals surface area contributed by atoms with Crippen LogP contribution in [-0.2, 0) is 4.79 Å². The molecule has 7 heteroatoms. The smallest absolute Gasteiger partial charge is 0.253 e. The quantitative estimate of drug-likeness (QED) is 0.700. The standard InChI is InChI=1S/C23H28ClN3O3/c1-16-3-5-17(6-4-16)23(29)27-13-10-19(11-14-27)26-22(28)9-12-25-20-15-18(24)7-8-21(20)30-2/h3-8,15,19,25H,9-14H2,1-2H3,(H,26,28). The van der Waals surface area contributed by atoms with Crippen LogP contribution in [0.25, 0.3) is 0 Å². The molecule has 1 fully saturated rings. The number of likely N-dealkylation sites (tertiary alicyclic amines) is 1. The largest absolute Gasteiger partial charge is 0.495 e. The Kier molecular flexibility index (Phi) is 7.57. The minimum atomic E-state index is -0.00759. The predicted molar refractivity (Wildman–Crippen MR) is 119 cm³/mol. The summed E-state index contributed by atoms with van der Waals surface area (Å²) in [4.78, 5) is 26.8. The molecular weight excluding hydrogens is 402 g/mol. The molecule has 0 radical (unpaired) electrons. The second-order valence-corrected chi connectivity index (χ2v) is 7.96. The maximum absolute atomic E-state index is 12.6. The molecule has 6 nitrogen and oxygen atoms in total. The average molecular weight is 430 g/mol. The van der Waals surface area contributed by atoms with Gasteiger partial charge in [0.1, 0.15) is 5.75 Å². The summed E-state index contributed by atoms with van der Waals surface area (Å²) in [5, 5.41) is 6.88. The van der Waals surface area contributed by atoms with Gasteiger partial charge >= 0.3 is 0 Å². The number of ether oxygens (including phenoxy) is 1. The highest BCUT2D eigenvalue weighted by atomic mass is 35.5. The van der Waals surface area contributed by atoms with Crippen molar-refractivity contribution in [3.63, 3.8) is 0 Å². The molecule has 0 bridgehead atoms. The number of anilines is 1. The summed E-state index contributed by atoms with van der Waals surface area (Å²) in [7, 11) is 1.59. The Morgan fingerprint density at radius 3 is 2.50 bits per heavy atom. The molecule has 1 saturated heterocycles. The van der Waals surface area contributed by atoms with Gasteiger partial charge in [-0.2, -0.15) is 0 Å². The number of piperidine rings is 1. The number of nitrogens with one attached hydrogen (secondary N) is 2. The summed E-state index contributed by atoms with van der Waals surface area (Å²) in [6, 6.07) is 13.1. The number of aryl methyl sites for hydroxylation is 1. The summed E-state index contributed by atoms with van der Waals surface area (Å²) in [6.07, 6.45) is 1.87. The van der Waals surface area contributed by atoms with Crippen molar-refractivity contribution in [1.29, 1.82) is 0 Å². The topological polar surface area (TPSA) is 70.7 Å². The fraction of sp³-hybridized carbons (Fsp3) is 0.391. The van der Waals surface area contributed by atoms with Crippen molar-refractivity contribution in [2.75, 3.05) is 32.1 Å². The lowest BCUT2D eigenvalue weighted by molar-refractivity contribution is -0.121. The number of hydrogen-bond donors (Lipinski definition) is 2. The van der Waals surface area contributed by atoms with Crippen LogP contribution < -0.4 is 15.4 Å². The highest BCUT2D eigenvalue weighted by molar-refractivity contribution is 6.30. The monoisotopic (exact) mass is 429 g/mol. The van der Waals surface area contributed by atoms with Gasteiger partial charge in [-0.3, -0.25) is 9.59 Å². The van der Waals surface area contributed by atoms with Crippen molar-refractivity contribution in [1.82, 2.24) is 10.2 Å². The van der Waals surface area contributed by atoms with Crippen molar-refractivity contribution in [3.8, 4) is 5.75 Å². The lowest BCUT2D eigenvalue weighted by Gasteiger charge is -2.32. The van der Waals surface area contributed by atoms with Gasteiger partial charge in [0.15, 0.2) is 0 Å². The average Bonchev–Trinajstić information content (AvgIpc) is 2.74. The van der Waals surface area contributed by atoms with Gasteiger partial charge in [-0.15, -0.1) is 0 Å². The van der Waals surface area contributed by atoms with E-state index in [-0.39, 0.29) is 17.9 Å². The molecule has 1 heterocycles. The van der Waals surface area contributed by atoms with Gasteiger partial charge in [-0.25, -0.2) is 0 Å². The molecule has 0 aromatic heterocycles. The number of amides is 2. The molecule has 1 aliphatic rings. The van der Waals surface area contributed by atoms with Crippen molar-refractivity contribution in [2.45, 2.75) is 32.2 Å². The summed E-state index contributed by atoms with van der Waals surface area (Å²) >= 11 is 6.02. The predicted octanol–water partition coefficient (Wildman–Crippen LogP) is 3.88. The summed E-state index contributed by atoms with van der Waals surface area (Å²) in [6.45, 7) is 3.78. The summed E-state index contributed by atoms with van der Waals surface area (Å²) < 4.78 is 5.29. The molecular formula is C23H28ClN3O3. The number of halogens is 1. The summed E-state index contributed by atoms with van der Waals surface area (Å²) in [5.41, 5.74) is 2.61. The Bertz CT molecular complexity index is 878. The molecule has 0 saturated carbocycles. The zero-order valence-electron chi connectivity index (χ0n) is 17.4. The highest BCUT2D eigenvalue weighted by Crippen LogP contribution is 2.27. The second kappa shape index (κ2) is 10.3. The molecule has 1 aliphatic heterocycles. The van der Waals surface area contributed by atoms with Gasteiger partial charge in [-0.05, 0) is 50.1 Å². The van der Waals surface area contributed by atoms with Gasteiger partial charge < -0.3 is 20.3 Å². The van der Waals surface area contributed by atoms with Crippen LogP contribution in [0.2, 0.25) is 5.02 Å². The van der Waals surface area contributed by atoms with E-state index in [0.717, 1.165) is 24.1 Å². The first kappa shape index (κ1) is 22.0. The number of benzene rings is 2. The van der Waals surface area contributed by atoms with Crippen LogP contribution in [0.4, 0.5) is 5.69 Å². The number of carbonyl (C=O) groups is 2. The number of rotatable bonds is 7. The first-order chi connectivity index (χ1) is 14.5. The Balaban J connectivity index is 1.40. The molecule has 0 atom stereocenters. The molecule has 2 aromatic rings. The Labute approximate surface area is 182 Å². The number of carbonyl (C=O) groups excluding carboxylic acids is 2. The Morgan fingerprint density at radius 2 is 1.83 bits per heavy atom. The molecule has 3 rings (SSSR count). The maximum Gasteiger partial charge on any atom is 0.253 e. The van der Waals surface area contributed by atoms with Gasteiger partial charge in [0.05, 0.1) is 12.8 Å². The van der Waals surface area contributed by atoms with Gasteiger partial charge in [0.2, 0.25) is 5.91 Å². The first-order valence-corrected chi connectivity index (χ1v) is 10.6. The fourth-order valence-corrected chi connectivity index (χ4v) is 3.71. The van der Waals surface area contributed by atoms with Crippen molar-refractivity contribution >= 4 is 29.1 Å². The number of nitrogens with zero attached hydrogens (tertiary/aromatic N) is 1. The third-order valence-electron chi connectivity index (χ3n) is 5.27. The number of hydrogen-bond acceptors (Lipinski definition) is 4. The lowest BCUT2D eigenvalue weighted by Crippen LogP contribution is -2.46. The minimum absolute atomic E-state index is 0.00759. The van der Waals surface area contributed by atoms with E-state index >= 15 is 0 Å². The third-order valence-corrected chi connectivity index (χ3v) is 5.51. The zero-order chi connectivity index (χ0) is 21.5. The third kappa shape index (κ3) is 5.89. The van der Waals surface area contributed by atoms with E-state index in [9.17, 15) is 9.59 Å². The first-order valence-electron chi connectivity index (χ1n) is 10.2. The van der Waals surface area contributed by atoms with Gasteiger partial charge in [0, 0.05) is 42.7 Å². The van der Waals surface area contributed by atoms with Crippen LogP contribution >= 0.6 is 11.6 Å². The molecule has 30 heavy (non-hydrogen) atoms. The molecule has 0 spiro atoms. The van der Waals surface area contributed by atoms with Crippen molar-refractivity contribution in [2.24, 2.45) is 0 Å². The minimum Gasteiger partial charge on any atom is -0.495 e. The van der Waals surface area contributed by atoms with Crippen LogP contribution in [-0.4, -0.2) is 49.5 Å². The molecule has 0 unspecified atom stereocenters. The molecule has 0 aliphatic carbocycles. The maximum atomic E-state index is 12.6. The van der Waals surface area contributed by atoms with Crippen LogP contribution in [0, 0.1) is 6.92 Å². The SMILES string of the molecule is COc1ccc(Cl)cc1NCCC(=O)NC1CCN(C(=O)c2ccc(C)cc2)CC1. The zero-order valence-corrected chi connectivity index (χ0v) is 18.2. The van der Waals surface area contributed by atoms with Gasteiger partial charge in [-0.1, -0.05) is 29.3 Å². The number of methoxy groups -OCH3 is 1. The summed E-state index contributed by atoms with van der Waals surface area (Å²) in [5.74, 6) is 0.733. The second-order valence-electron chi connectivity index (χ2n) is 7.52. The van der Waals surface area contributed by atoms with E-state index in [1.807, 2.05) is 36.1 Å². The van der Waals surface area contributed by atoms with Crippen LogP contribution in [0.15, 0.2) is 42.5 Å². The van der Waals surface area contributed by atoms with Crippen LogP contribution in [0.5, 0.6) is 5.75 Å². The molecule has 2 N–H and O–H groups in total. The molecule has 160 valence electrons. The molecule has 2 amide bonds. The van der Waals surface area contributed by atoms with Crippen molar-refractivity contribution in [3.05, 3.63) is 58.6 Å².